The zero-order valence-corrected chi connectivity index (χ0v) is 22.6. The van der Waals surface area contributed by atoms with E-state index < -0.39 is 17.7 Å². The number of ether oxygens (including phenoxy) is 2. The number of hydrogen-bond donors (Lipinski definition) is 1. The SMILES string of the molecule is COCCCN1C(=O)C(=O)/C(=C(/O)c2ccc(OCC(C)C)cc2C)[C@H]1c1ccc(C(C)(C)C)cc1. The first-order valence-electron chi connectivity index (χ1n) is 12.6. The van der Waals surface area contributed by atoms with E-state index in [4.69, 9.17) is 9.47 Å². The van der Waals surface area contributed by atoms with Gasteiger partial charge < -0.3 is 19.5 Å². The Labute approximate surface area is 214 Å². The number of rotatable bonds is 9. The van der Waals surface area contributed by atoms with E-state index in [0.717, 1.165) is 16.7 Å². The van der Waals surface area contributed by atoms with Crippen LogP contribution in [-0.2, 0) is 19.7 Å². The van der Waals surface area contributed by atoms with Gasteiger partial charge in [-0.2, -0.15) is 0 Å². The molecule has 0 unspecified atom stereocenters. The summed E-state index contributed by atoms with van der Waals surface area (Å²) in [4.78, 5) is 27.9. The Morgan fingerprint density at radius 1 is 1.08 bits per heavy atom. The molecule has 1 fully saturated rings. The van der Waals surface area contributed by atoms with Gasteiger partial charge in [0, 0.05) is 25.8 Å². The highest BCUT2D eigenvalue weighted by atomic mass is 16.5. The average Bonchev–Trinajstić information content (AvgIpc) is 3.07. The summed E-state index contributed by atoms with van der Waals surface area (Å²) in [7, 11) is 1.61. The van der Waals surface area contributed by atoms with Crippen LogP contribution >= 0.6 is 0 Å². The number of Topliss-reactive ketones (excluding diaryl/α,β-unsaturated/α-hetero) is 1. The van der Waals surface area contributed by atoms with Gasteiger partial charge in [0.25, 0.3) is 11.7 Å². The van der Waals surface area contributed by atoms with E-state index in [-0.39, 0.29) is 16.7 Å². The lowest BCUT2D eigenvalue weighted by Crippen LogP contribution is -2.31. The van der Waals surface area contributed by atoms with Gasteiger partial charge in [-0.1, -0.05) is 58.9 Å². The maximum Gasteiger partial charge on any atom is 0.295 e. The summed E-state index contributed by atoms with van der Waals surface area (Å²) in [6.07, 6.45) is 0.584. The fourth-order valence-corrected chi connectivity index (χ4v) is 4.40. The van der Waals surface area contributed by atoms with Crippen LogP contribution in [0.2, 0.25) is 0 Å². The van der Waals surface area contributed by atoms with Crippen molar-refractivity contribution in [1.29, 1.82) is 0 Å². The van der Waals surface area contributed by atoms with E-state index in [0.29, 0.717) is 43.4 Å². The second-order valence-corrected chi connectivity index (χ2v) is 10.9. The predicted molar refractivity (Wildman–Crippen MR) is 142 cm³/mol. The molecule has 3 rings (SSSR count). The van der Waals surface area contributed by atoms with Crippen molar-refractivity contribution in [3.63, 3.8) is 0 Å². The van der Waals surface area contributed by atoms with Crippen molar-refractivity contribution in [2.75, 3.05) is 26.9 Å². The van der Waals surface area contributed by atoms with Crippen LogP contribution < -0.4 is 4.74 Å². The minimum atomic E-state index is -0.674. The van der Waals surface area contributed by atoms with Crippen molar-refractivity contribution in [1.82, 2.24) is 4.90 Å². The fraction of sp³-hybridized carbons (Fsp3) is 0.467. The zero-order valence-electron chi connectivity index (χ0n) is 22.6. The highest BCUT2D eigenvalue weighted by Gasteiger charge is 2.46. The largest absolute Gasteiger partial charge is 0.507 e. The summed E-state index contributed by atoms with van der Waals surface area (Å²) in [5.74, 6) is -0.355. The summed E-state index contributed by atoms with van der Waals surface area (Å²) >= 11 is 0. The van der Waals surface area contributed by atoms with Crippen LogP contribution in [-0.4, -0.2) is 48.6 Å². The lowest BCUT2D eigenvalue weighted by molar-refractivity contribution is -0.140. The standard InChI is InChI=1S/C30H39NO5/c1-19(2)18-36-23-13-14-24(20(3)17-23)27(32)25-26(21-9-11-22(12-10-21)30(4,5)6)31(15-8-16-35-7)29(34)28(25)33/h9-14,17,19,26,32H,8,15-16,18H2,1-7H3/b27-25+/t26-/m1/s1. The number of ketones is 1. The van der Waals surface area contributed by atoms with Crippen molar-refractivity contribution < 1.29 is 24.2 Å². The molecule has 0 bridgehead atoms. The quantitative estimate of drug-likeness (QED) is 0.207. The monoisotopic (exact) mass is 493 g/mol. The number of likely N-dealkylation sites (tertiary alicyclic amines) is 1. The van der Waals surface area contributed by atoms with E-state index in [1.807, 2.05) is 37.3 Å². The van der Waals surface area contributed by atoms with E-state index >= 15 is 0 Å². The van der Waals surface area contributed by atoms with Gasteiger partial charge in [0.2, 0.25) is 0 Å². The summed E-state index contributed by atoms with van der Waals surface area (Å²) in [6.45, 7) is 13.8. The van der Waals surface area contributed by atoms with Crippen LogP contribution in [0, 0.1) is 12.8 Å². The Hall–Kier alpha value is -3.12. The van der Waals surface area contributed by atoms with Crippen LogP contribution in [0.4, 0.5) is 0 Å². The molecule has 36 heavy (non-hydrogen) atoms. The average molecular weight is 494 g/mol. The van der Waals surface area contributed by atoms with E-state index in [1.54, 1.807) is 24.1 Å². The van der Waals surface area contributed by atoms with Gasteiger partial charge in [-0.3, -0.25) is 9.59 Å². The Balaban J connectivity index is 2.08. The molecule has 2 aromatic carbocycles. The van der Waals surface area contributed by atoms with Crippen molar-refractivity contribution >= 4 is 17.4 Å². The number of benzene rings is 2. The lowest BCUT2D eigenvalue weighted by atomic mass is 9.85. The van der Waals surface area contributed by atoms with Crippen LogP contribution in [0.15, 0.2) is 48.0 Å². The van der Waals surface area contributed by atoms with E-state index in [2.05, 4.69) is 34.6 Å². The number of aryl methyl sites for hydroxylation is 1. The molecule has 0 aliphatic carbocycles. The van der Waals surface area contributed by atoms with Crippen LogP contribution in [0.25, 0.3) is 5.76 Å². The smallest absolute Gasteiger partial charge is 0.295 e. The molecule has 2 aromatic rings. The van der Waals surface area contributed by atoms with Crippen molar-refractivity contribution in [2.45, 2.75) is 59.4 Å². The number of nitrogens with zero attached hydrogens (tertiary/aromatic N) is 1. The molecule has 1 heterocycles. The normalized spacial score (nSPS) is 17.8. The first-order chi connectivity index (χ1) is 17.0. The van der Waals surface area contributed by atoms with Crippen LogP contribution in [0.5, 0.6) is 5.75 Å². The van der Waals surface area contributed by atoms with Crippen LogP contribution in [0.1, 0.15) is 69.3 Å². The molecule has 0 radical (unpaired) electrons. The maximum absolute atomic E-state index is 13.3. The molecule has 0 spiro atoms. The zero-order chi connectivity index (χ0) is 26.6. The number of aliphatic hydroxyl groups is 1. The van der Waals surface area contributed by atoms with Gasteiger partial charge >= 0.3 is 0 Å². The molecule has 1 amide bonds. The number of aliphatic hydroxyl groups excluding tert-OH is 1. The number of carbonyl (C=O) groups is 2. The first-order valence-corrected chi connectivity index (χ1v) is 12.6. The molecule has 6 heteroatoms. The highest BCUT2D eigenvalue weighted by Crippen LogP contribution is 2.40. The topological polar surface area (TPSA) is 76.1 Å². The molecule has 1 N–H and O–H groups in total. The Morgan fingerprint density at radius 3 is 2.31 bits per heavy atom. The van der Waals surface area contributed by atoms with Crippen molar-refractivity contribution in [3.05, 3.63) is 70.3 Å². The molecule has 0 saturated carbocycles. The summed E-state index contributed by atoms with van der Waals surface area (Å²) in [6, 6.07) is 12.6. The van der Waals surface area contributed by atoms with Crippen molar-refractivity contribution in [3.8, 4) is 5.75 Å². The molecular formula is C30H39NO5. The van der Waals surface area contributed by atoms with E-state index in [1.165, 1.54) is 0 Å². The minimum absolute atomic E-state index is 0.0324. The van der Waals surface area contributed by atoms with Gasteiger partial charge in [-0.25, -0.2) is 0 Å². The van der Waals surface area contributed by atoms with Gasteiger partial charge in [-0.15, -0.1) is 0 Å². The first kappa shape index (κ1) is 27.5. The van der Waals surface area contributed by atoms with E-state index in [9.17, 15) is 14.7 Å². The second-order valence-electron chi connectivity index (χ2n) is 10.9. The minimum Gasteiger partial charge on any atom is -0.507 e. The molecule has 1 aliphatic heterocycles. The van der Waals surface area contributed by atoms with Crippen LogP contribution in [0.3, 0.4) is 0 Å². The maximum atomic E-state index is 13.3. The van der Waals surface area contributed by atoms with Gasteiger partial charge in [0.15, 0.2) is 0 Å². The van der Waals surface area contributed by atoms with Crippen molar-refractivity contribution in [2.24, 2.45) is 5.92 Å². The molecule has 6 nitrogen and oxygen atoms in total. The molecule has 1 saturated heterocycles. The van der Waals surface area contributed by atoms with Gasteiger partial charge in [-0.05, 0) is 59.6 Å². The summed E-state index contributed by atoms with van der Waals surface area (Å²) in [5, 5.41) is 11.4. The molecule has 1 atom stereocenters. The third-order valence-electron chi connectivity index (χ3n) is 6.42. The lowest BCUT2D eigenvalue weighted by Gasteiger charge is -2.26. The van der Waals surface area contributed by atoms with Gasteiger partial charge in [0.1, 0.15) is 11.5 Å². The summed E-state index contributed by atoms with van der Waals surface area (Å²) in [5.41, 5.74) is 3.29. The Bertz CT molecular complexity index is 1130. The second kappa shape index (κ2) is 11.3. The number of hydrogen-bond acceptors (Lipinski definition) is 5. The Kier molecular flexibility index (Phi) is 8.62. The molecule has 0 aromatic heterocycles. The number of amides is 1. The predicted octanol–water partition coefficient (Wildman–Crippen LogP) is 5.79. The van der Waals surface area contributed by atoms with Gasteiger partial charge in [0.05, 0.1) is 18.2 Å². The Morgan fingerprint density at radius 2 is 1.75 bits per heavy atom. The highest BCUT2D eigenvalue weighted by molar-refractivity contribution is 6.46. The molecular weight excluding hydrogens is 454 g/mol. The third-order valence-corrected chi connectivity index (χ3v) is 6.42. The number of carbonyl (C=O) groups excluding carboxylic acids is 2. The number of methoxy groups -OCH3 is 1. The fourth-order valence-electron chi connectivity index (χ4n) is 4.40. The molecule has 1 aliphatic rings. The third kappa shape index (κ3) is 5.98. The molecule has 194 valence electrons. The summed E-state index contributed by atoms with van der Waals surface area (Å²) < 4.78 is 11.0.